The molecule has 0 aliphatic carbocycles. The van der Waals surface area contributed by atoms with Gasteiger partial charge in [-0.15, -0.1) is 24.8 Å². The van der Waals surface area contributed by atoms with Crippen molar-refractivity contribution in [1.82, 2.24) is 10.2 Å². The lowest BCUT2D eigenvalue weighted by Crippen LogP contribution is -2.51. The Hall–Kier alpha value is 0.500. The molecule has 0 saturated carbocycles. The van der Waals surface area contributed by atoms with E-state index in [1.807, 2.05) is 0 Å². The predicted octanol–water partition coefficient (Wildman–Crippen LogP) is 3.24. The first-order valence-corrected chi connectivity index (χ1v) is 6.76. The first-order chi connectivity index (χ1) is 7.27. The maximum absolute atomic E-state index is 3.67. The molecule has 0 spiro atoms. The summed E-state index contributed by atoms with van der Waals surface area (Å²) in [5.74, 6) is 0. The van der Waals surface area contributed by atoms with Gasteiger partial charge < -0.3 is 5.32 Å². The van der Waals surface area contributed by atoms with Crippen LogP contribution >= 0.6 is 24.8 Å². The highest BCUT2D eigenvalue weighted by molar-refractivity contribution is 5.85. The van der Waals surface area contributed by atoms with Crippen molar-refractivity contribution in [2.24, 2.45) is 0 Å². The summed E-state index contributed by atoms with van der Waals surface area (Å²) in [4.78, 5) is 2.73. The highest BCUT2D eigenvalue weighted by Crippen LogP contribution is 2.23. The van der Waals surface area contributed by atoms with E-state index in [-0.39, 0.29) is 24.8 Å². The minimum absolute atomic E-state index is 0. The molecule has 2 aliphatic heterocycles. The molecule has 2 fully saturated rings. The number of rotatable bonds is 2. The molecule has 3 atom stereocenters. The van der Waals surface area contributed by atoms with Gasteiger partial charge in [0.15, 0.2) is 0 Å². The van der Waals surface area contributed by atoms with Gasteiger partial charge in [-0.05, 0) is 46.1 Å². The van der Waals surface area contributed by atoms with E-state index in [4.69, 9.17) is 0 Å². The van der Waals surface area contributed by atoms with Crippen molar-refractivity contribution in [3.8, 4) is 0 Å². The van der Waals surface area contributed by atoms with Gasteiger partial charge in [0.05, 0.1) is 0 Å². The van der Waals surface area contributed by atoms with Gasteiger partial charge in [-0.2, -0.15) is 0 Å². The Morgan fingerprint density at radius 2 is 1.59 bits per heavy atom. The lowest BCUT2D eigenvalue weighted by atomic mass is 9.95. The molecule has 0 radical (unpaired) electrons. The third kappa shape index (κ3) is 4.94. The zero-order valence-corrected chi connectivity index (χ0v) is 12.8. The maximum atomic E-state index is 3.67. The third-order valence-corrected chi connectivity index (χ3v) is 4.22. The van der Waals surface area contributed by atoms with Crippen molar-refractivity contribution in [3.05, 3.63) is 0 Å². The molecule has 1 N–H and O–H groups in total. The van der Waals surface area contributed by atoms with Crippen LogP contribution in [0.2, 0.25) is 0 Å². The monoisotopic (exact) mass is 282 g/mol. The minimum atomic E-state index is 0. The summed E-state index contributed by atoms with van der Waals surface area (Å²) in [6, 6.07) is 2.37. The number of nitrogens with zero attached hydrogens (tertiary/aromatic N) is 1. The van der Waals surface area contributed by atoms with Crippen LogP contribution in [0.25, 0.3) is 0 Å². The van der Waals surface area contributed by atoms with Crippen LogP contribution in [0.4, 0.5) is 0 Å². The first-order valence-electron chi connectivity index (χ1n) is 6.76. The van der Waals surface area contributed by atoms with E-state index < -0.39 is 0 Å². The van der Waals surface area contributed by atoms with Gasteiger partial charge in [0.25, 0.3) is 0 Å². The Morgan fingerprint density at radius 3 is 2.12 bits per heavy atom. The largest absolute Gasteiger partial charge is 0.313 e. The van der Waals surface area contributed by atoms with Crippen molar-refractivity contribution in [2.45, 2.75) is 70.5 Å². The molecule has 2 heterocycles. The van der Waals surface area contributed by atoms with Crippen LogP contribution in [0.3, 0.4) is 0 Å². The van der Waals surface area contributed by atoms with Crippen LogP contribution in [0, 0.1) is 0 Å². The van der Waals surface area contributed by atoms with Crippen LogP contribution in [0.15, 0.2) is 0 Å². The molecule has 0 aromatic carbocycles. The molecule has 0 aromatic heterocycles. The quantitative estimate of drug-likeness (QED) is 0.837. The highest BCUT2D eigenvalue weighted by Gasteiger charge is 2.27. The van der Waals surface area contributed by atoms with E-state index >= 15 is 0 Å². The third-order valence-electron chi connectivity index (χ3n) is 4.22. The second-order valence-electron chi connectivity index (χ2n) is 5.47. The average molecular weight is 283 g/mol. The summed E-state index contributed by atoms with van der Waals surface area (Å²) >= 11 is 0. The highest BCUT2D eigenvalue weighted by atomic mass is 35.5. The fourth-order valence-corrected chi connectivity index (χ4v) is 3.17. The zero-order chi connectivity index (χ0) is 10.7. The van der Waals surface area contributed by atoms with E-state index in [0.29, 0.717) is 0 Å². The summed E-state index contributed by atoms with van der Waals surface area (Å²) in [5, 5.41) is 3.67. The van der Waals surface area contributed by atoms with Crippen LogP contribution in [0.1, 0.15) is 52.4 Å². The molecule has 0 aromatic rings. The number of hydrogen-bond donors (Lipinski definition) is 1. The Morgan fingerprint density at radius 1 is 0.941 bits per heavy atom. The van der Waals surface area contributed by atoms with Gasteiger partial charge in [-0.1, -0.05) is 12.8 Å². The molecule has 3 unspecified atom stereocenters. The summed E-state index contributed by atoms with van der Waals surface area (Å²) in [7, 11) is 0. The molecule has 17 heavy (non-hydrogen) atoms. The summed E-state index contributed by atoms with van der Waals surface area (Å²) in [5.41, 5.74) is 0. The molecule has 2 aliphatic rings. The van der Waals surface area contributed by atoms with Gasteiger partial charge in [0, 0.05) is 24.7 Å². The van der Waals surface area contributed by atoms with Crippen molar-refractivity contribution >= 4 is 24.8 Å². The summed E-state index contributed by atoms with van der Waals surface area (Å²) in [6.07, 6.45) is 8.41. The van der Waals surface area contributed by atoms with Gasteiger partial charge in [0.1, 0.15) is 0 Å². The van der Waals surface area contributed by atoms with Crippen molar-refractivity contribution in [2.75, 3.05) is 13.1 Å². The molecule has 0 bridgehead atoms. The number of piperidine rings is 2. The van der Waals surface area contributed by atoms with E-state index in [0.717, 1.165) is 18.1 Å². The lowest BCUT2D eigenvalue weighted by molar-refractivity contribution is 0.0864. The molecule has 2 nitrogen and oxygen atoms in total. The van der Waals surface area contributed by atoms with Crippen LogP contribution < -0.4 is 5.32 Å². The molecule has 0 amide bonds. The standard InChI is InChI=1S/C13H26N2.2ClH/c1-11-6-5-7-12(2)15(11)10-13-8-3-4-9-14-13;;/h11-14H,3-10H2,1-2H3;2*1H. The molecule has 2 rings (SSSR count). The number of hydrogen-bond acceptors (Lipinski definition) is 2. The lowest BCUT2D eigenvalue weighted by Gasteiger charge is -2.41. The van der Waals surface area contributed by atoms with Crippen molar-refractivity contribution in [1.29, 1.82) is 0 Å². The summed E-state index contributed by atoms with van der Waals surface area (Å²) < 4.78 is 0. The van der Waals surface area contributed by atoms with Crippen LogP contribution in [-0.4, -0.2) is 36.1 Å². The Bertz CT molecular complexity index is 186. The number of nitrogens with one attached hydrogen (secondary N) is 1. The SMILES string of the molecule is CC1CCCC(C)N1CC1CCCCN1.Cl.Cl. The predicted molar refractivity (Wildman–Crippen MR) is 79.6 cm³/mol. The van der Waals surface area contributed by atoms with Gasteiger partial charge in [-0.3, -0.25) is 4.90 Å². The van der Waals surface area contributed by atoms with E-state index in [1.54, 1.807) is 0 Å². The Kier molecular flexibility index (Phi) is 8.83. The topological polar surface area (TPSA) is 15.3 Å². The zero-order valence-electron chi connectivity index (χ0n) is 11.2. The van der Waals surface area contributed by atoms with Crippen molar-refractivity contribution in [3.63, 3.8) is 0 Å². The van der Waals surface area contributed by atoms with E-state index in [9.17, 15) is 0 Å². The van der Waals surface area contributed by atoms with Gasteiger partial charge >= 0.3 is 0 Å². The smallest absolute Gasteiger partial charge is 0.0195 e. The Labute approximate surface area is 119 Å². The molecular formula is C13H28Cl2N2. The molecule has 2 saturated heterocycles. The second-order valence-corrected chi connectivity index (χ2v) is 5.47. The summed E-state index contributed by atoms with van der Waals surface area (Å²) in [6.45, 7) is 7.32. The fraction of sp³-hybridized carbons (Fsp3) is 1.00. The van der Waals surface area contributed by atoms with Crippen molar-refractivity contribution < 1.29 is 0 Å². The number of halogens is 2. The number of likely N-dealkylation sites (tertiary alicyclic amines) is 1. The minimum Gasteiger partial charge on any atom is -0.313 e. The first kappa shape index (κ1) is 17.5. The van der Waals surface area contributed by atoms with Crippen LogP contribution in [-0.2, 0) is 0 Å². The average Bonchev–Trinajstić information content (AvgIpc) is 2.25. The van der Waals surface area contributed by atoms with Crippen LogP contribution in [0.5, 0.6) is 0 Å². The molecule has 4 heteroatoms. The van der Waals surface area contributed by atoms with E-state index in [1.165, 1.54) is 51.6 Å². The molecular weight excluding hydrogens is 255 g/mol. The fourth-order valence-electron chi connectivity index (χ4n) is 3.17. The second kappa shape index (κ2) is 8.58. The normalized spacial score (nSPS) is 34.6. The molecule has 104 valence electrons. The van der Waals surface area contributed by atoms with E-state index in [2.05, 4.69) is 24.1 Å². The maximum Gasteiger partial charge on any atom is 0.0195 e. The Balaban J connectivity index is 0.00000128. The van der Waals surface area contributed by atoms with Gasteiger partial charge in [-0.25, -0.2) is 0 Å². The van der Waals surface area contributed by atoms with Gasteiger partial charge in [0.2, 0.25) is 0 Å².